The summed E-state index contributed by atoms with van der Waals surface area (Å²) in [4.78, 5) is 11.7. The maximum atomic E-state index is 11.7. The first-order valence-corrected chi connectivity index (χ1v) is 8.42. The summed E-state index contributed by atoms with van der Waals surface area (Å²) < 4.78 is 11.7. The van der Waals surface area contributed by atoms with Crippen molar-refractivity contribution in [2.75, 3.05) is 16.8 Å². The van der Waals surface area contributed by atoms with Crippen LogP contribution in [0.3, 0.4) is 0 Å². The molecule has 2 unspecified atom stereocenters. The number of rotatable bonds is 7. The van der Waals surface area contributed by atoms with Crippen LogP contribution in [0.1, 0.15) is 33.1 Å². The van der Waals surface area contributed by atoms with E-state index in [1.165, 1.54) is 0 Å². The zero-order chi connectivity index (χ0) is 15.1. The molecule has 0 saturated carbocycles. The molecule has 112 valence electrons. The van der Waals surface area contributed by atoms with Gasteiger partial charge in [0.05, 0.1) is 10.7 Å². The fourth-order valence-electron chi connectivity index (χ4n) is 1.61. The summed E-state index contributed by atoms with van der Waals surface area (Å²) in [5.74, 6) is 0.457. The number of nitrogen functional groups attached to an aromatic ring is 1. The minimum Gasteiger partial charge on any atom is -0.397 e. The molecule has 0 spiro atoms. The average molecular weight is 317 g/mol. The van der Waals surface area contributed by atoms with Crippen LogP contribution in [0.15, 0.2) is 18.2 Å². The molecule has 4 nitrogen and oxygen atoms in total. The molecule has 1 amide bonds. The van der Waals surface area contributed by atoms with E-state index < -0.39 is 10.8 Å². The predicted molar refractivity (Wildman–Crippen MR) is 86.5 cm³/mol. The van der Waals surface area contributed by atoms with Crippen LogP contribution in [0.5, 0.6) is 0 Å². The van der Waals surface area contributed by atoms with Gasteiger partial charge < -0.3 is 11.1 Å². The molecule has 0 aromatic heterocycles. The summed E-state index contributed by atoms with van der Waals surface area (Å²) in [5, 5.41) is 3.40. The smallest absolute Gasteiger partial charge is 0.224 e. The Hall–Kier alpha value is -1.07. The molecule has 1 aromatic rings. The van der Waals surface area contributed by atoms with Crippen molar-refractivity contribution in [1.82, 2.24) is 0 Å². The molecule has 20 heavy (non-hydrogen) atoms. The van der Waals surface area contributed by atoms with Gasteiger partial charge in [0.1, 0.15) is 0 Å². The number of hydrogen-bond acceptors (Lipinski definition) is 3. The van der Waals surface area contributed by atoms with E-state index in [1.54, 1.807) is 18.2 Å². The number of halogens is 1. The molecule has 0 radical (unpaired) electrons. The van der Waals surface area contributed by atoms with Crippen molar-refractivity contribution in [2.24, 2.45) is 0 Å². The highest BCUT2D eigenvalue weighted by Crippen LogP contribution is 2.22. The summed E-state index contributed by atoms with van der Waals surface area (Å²) in [6.45, 7) is 3.98. The zero-order valence-electron chi connectivity index (χ0n) is 11.8. The fourth-order valence-corrected chi connectivity index (χ4v) is 2.93. The number of hydrogen-bond donors (Lipinski definition) is 2. The predicted octanol–water partition coefficient (Wildman–Crippen LogP) is 3.19. The van der Waals surface area contributed by atoms with Crippen LogP contribution in [0.4, 0.5) is 11.4 Å². The minimum absolute atomic E-state index is 0.104. The second-order valence-electron chi connectivity index (χ2n) is 4.69. The Morgan fingerprint density at radius 3 is 2.80 bits per heavy atom. The molecule has 0 aliphatic carbocycles. The van der Waals surface area contributed by atoms with Gasteiger partial charge in [0.15, 0.2) is 0 Å². The highest BCUT2D eigenvalue weighted by Gasteiger charge is 2.10. The van der Waals surface area contributed by atoms with E-state index in [0.29, 0.717) is 35.0 Å². The first-order valence-electron chi connectivity index (χ1n) is 6.66. The van der Waals surface area contributed by atoms with Crippen LogP contribution < -0.4 is 11.1 Å². The third-order valence-electron chi connectivity index (χ3n) is 3.05. The minimum atomic E-state index is -0.852. The van der Waals surface area contributed by atoms with Gasteiger partial charge in [-0.05, 0) is 31.0 Å². The monoisotopic (exact) mass is 316 g/mol. The molecule has 0 bridgehead atoms. The molecular weight excluding hydrogens is 296 g/mol. The molecule has 6 heteroatoms. The first-order chi connectivity index (χ1) is 9.43. The van der Waals surface area contributed by atoms with Crippen LogP contribution in [-0.4, -0.2) is 21.1 Å². The van der Waals surface area contributed by atoms with Gasteiger partial charge in [-0.3, -0.25) is 9.00 Å². The van der Waals surface area contributed by atoms with Crippen molar-refractivity contribution in [3.63, 3.8) is 0 Å². The van der Waals surface area contributed by atoms with Crippen molar-refractivity contribution < 1.29 is 9.00 Å². The normalized spacial score (nSPS) is 13.8. The Labute approximate surface area is 127 Å². The number of anilines is 2. The number of nitrogens with two attached hydrogens (primary N) is 1. The third kappa shape index (κ3) is 5.51. The molecule has 1 aromatic carbocycles. The Kier molecular flexibility index (Phi) is 7.02. The van der Waals surface area contributed by atoms with Crippen molar-refractivity contribution in [3.05, 3.63) is 23.2 Å². The van der Waals surface area contributed by atoms with Gasteiger partial charge in [0.2, 0.25) is 5.91 Å². The Morgan fingerprint density at radius 1 is 1.50 bits per heavy atom. The topological polar surface area (TPSA) is 72.2 Å². The highest BCUT2D eigenvalue weighted by molar-refractivity contribution is 7.85. The van der Waals surface area contributed by atoms with Gasteiger partial charge >= 0.3 is 0 Å². The summed E-state index contributed by atoms with van der Waals surface area (Å²) in [7, 11) is -0.852. The molecule has 0 heterocycles. The second-order valence-corrected chi connectivity index (χ2v) is 7.07. The molecule has 0 fully saturated rings. The molecular formula is C14H21ClN2O2S. The molecule has 0 aliphatic heterocycles. The van der Waals surface area contributed by atoms with E-state index >= 15 is 0 Å². The summed E-state index contributed by atoms with van der Waals surface area (Å²) >= 11 is 5.81. The van der Waals surface area contributed by atoms with E-state index in [-0.39, 0.29) is 11.2 Å². The Morgan fingerprint density at radius 2 is 2.20 bits per heavy atom. The van der Waals surface area contributed by atoms with Crippen LogP contribution in [0.2, 0.25) is 5.02 Å². The maximum absolute atomic E-state index is 11.7. The van der Waals surface area contributed by atoms with Crippen LogP contribution >= 0.6 is 11.6 Å². The van der Waals surface area contributed by atoms with Crippen molar-refractivity contribution >= 4 is 39.7 Å². The van der Waals surface area contributed by atoms with Crippen molar-refractivity contribution in [2.45, 2.75) is 38.4 Å². The lowest BCUT2D eigenvalue weighted by Gasteiger charge is -2.09. The van der Waals surface area contributed by atoms with Gasteiger partial charge in [-0.2, -0.15) is 0 Å². The highest BCUT2D eigenvalue weighted by atomic mass is 35.5. The second kappa shape index (κ2) is 8.27. The number of amides is 1. The Bertz CT molecular complexity index is 494. The fraction of sp³-hybridized carbons (Fsp3) is 0.500. The molecule has 0 saturated heterocycles. The van der Waals surface area contributed by atoms with E-state index in [4.69, 9.17) is 17.3 Å². The number of benzene rings is 1. The first kappa shape index (κ1) is 17.0. The third-order valence-corrected chi connectivity index (χ3v) is 5.32. The SMILES string of the molecule is CCC(C)S(=O)CCCC(=O)Nc1ccc(Cl)c(N)c1. The lowest BCUT2D eigenvalue weighted by atomic mass is 10.2. The van der Waals surface area contributed by atoms with E-state index in [9.17, 15) is 9.00 Å². The standard InChI is InChI=1S/C14H21ClN2O2S/c1-3-10(2)20(19)8-4-5-14(18)17-11-6-7-12(15)13(16)9-11/h6-7,9-10H,3-5,8,16H2,1-2H3,(H,17,18). The summed E-state index contributed by atoms with van der Waals surface area (Å²) in [6, 6.07) is 4.97. The van der Waals surface area contributed by atoms with Gasteiger partial charge in [0.25, 0.3) is 0 Å². The molecule has 0 aliphatic rings. The van der Waals surface area contributed by atoms with E-state index in [0.717, 1.165) is 6.42 Å². The number of nitrogens with one attached hydrogen (secondary N) is 1. The Balaban J connectivity index is 2.37. The van der Waals surface area contributed by atoms with Gasteiger partial charge in [-0.15, -0.1) is 0 Å². The summed E-state index contributed by atoms with van der Waals surface area (Å²) in [5.41, 5.74) is 6.72. The number of carbonyl (C=O) groups is 1. The van der Waals surface area contributed by atoms with Gasteiger partial charge in [-0.1, -0.05) is 25.4 Å². The van der Waals surface area contributed by atoms with Gasteiger partial charge in [0, 0.05) is 33.9 Å². The van der Waals surface area contributed by atoms with Crippen LogP contribution in [-0.2, 0) is 15.6 Å². The van der Waals surface area contributed by atoms with Crippen LogP contribution in [0, 0.1) is 0 Å². The lowest BCUT2D eigenvalue weighted by molar-refractivity contribution is -0.116. The average Bonchev–Trinajstić information content (AvgIpc) is 2.41. The summed E-state index contributed by atoms with van der Waals surface area (Å²) in [6.07, 6.45) is 1.86. The lowest BCUT2D eigenvalue weighted by Crippen LogP contribution is -2.16. The van der Waals surface area contributed by atoms with Crippen LogP contribution in [0.25, 0.3) is 0 Å². The maximum Gasteiger partial charge on any atom is 0.224 e. The van der Waals surface area contributed by atoms with Crippen molar-refractivity contribution in [1.29, 1.82) is 0 Å². The zero-order valence-corrected chi connectivity index (χ0v) is 13.4. The van der Waals surface area contributed by atoms with E-state index in [2.05, 4.69) is 5.32 Å². The van der Waals surface area contributed by atoms with Crippen molar-refractivity contribution in [3.8, 4) is 0 Å². The number of carbonyl (C=O) groups excluding carboxylic acids is 1. The largest absolute Gasteiger partial charge is 0.397 e. The van der Waals surface area contributed by atoms with E-state index in [1.807, 2.05) is 13.8 Å². The quantitative estimate of drug-likeness (QED) is 0.759. The van der Waals surface area contributed by atoms with Gasteiger partial charge in [-0.25, -0.2) is 0 Å². The molecule has 3 N–H and O–H groups in total. The molecule has 1 rings (SSSR count). The molecule has 2 atom stereocenters.